The predicted molar refractivity (Wildman–Crippen MR) is 134 cm³/mol. The maximum atomic E-state index is 12.7. The number of carbonyl (C=O) groups excluding carboxylic acids is 1. The third-order valence-corrected chi connectivity index (χ3v) is 6.17. The van der Waals surface area contributed by atoms with Crippen LogP contribution in [0, 0.1) is 0 Å². The van der Waals surface area contributed by atoms with E-state index in [2.05, 4.69) is 29.2 Å². The fraction of sp³-hybridized carbons (Fsp3) is 0.286. The summed E-state index contributed by atoms with van der Waals surface area (Å²) in [5.74, 6) is 1.03. The molecule has 5 rings (SSSR count). The molecule has 0 radical (unpaired) electrons. The SMILES string of the molecule is CC(C)(C)OC(=O)N1CCC[C@H]1c1nc(-c2ccc(-c3ccc(O)cc3)c3ccccc23)c[nH]1. The topological polar surface area (TPSA) is 78.4 Å². The molecule has 0 saturated carbocycles. The van der Waals surface area contributed by atoms with Gasteiger partial charge in [0, 0.05) is 18.3 Å². The first kappa shape index (κ1) is 22.0. The highest BCUT2D eigenvalue weighted by atomic mass is 16.6. The summed E-state index contributed by atoms with van der Waals surface area (Å²) in [7, 11) is 0. The zero-order valence-corrected chi connectivity index (χ0v) is 19.7. The standard InChI is InChI=1S/C28H29N3O3/c1-28(2,3)34-27(33)31-16-6-9-25(31)26-29-17-24(30-26)23-15-14-20(18-10-12-19(32)13-11-18)21-7-4-5-8-22(21)23/h4-5,7-8,10-15,17,25,32H,6,9,16H2,1-3H3,(H,29,30)/t25-/m0/s1. The molecule has 34 heavy (non-hydrogen) atoms. The number of phenols is 1. The van der Waals surface area contributed by atoms with Crippen LogP contribution >= 0.6 is 0 Å². The van der Waals surface area contributed by atoms with E-state index >= 15 is 0 Å². The largest absolute Gasteiger partial charge is 0.508 e. The number of likely N-dealkylation sites (tertiary alicyclic amines) is 1. The summed E-state index contributed by atoms with van der Waals surface area (Å²) in [6.45, 7) is 6.32. The Hall–Kier alpha value is -3.80. The van der Waals surface area contributed by atoms with Crippen molar-refractivity contribution in [1.82, 2.24) is 14.9 Å². The van der Waals surface area contributed by atoms with Gasteiger partial charge in [0.1, 0.15) is 17.2 Å². The van der Waals surface area contributed by atoms with Crippen molar-refractivity contribution in [3.8, 4) is 28.1 Å². The number of hydrogen-bond acceptors (Lipinski definition) is 4. The number of nitrogens with zero attached hydrogens (tertiary/aromatic N) is 2. The molecular weight excluding hydrogens is 426 g/mol. The third-order valence-electron chi connectivity index (χ3n) is 6.17. The van der Waals surface area contributed by atoms with Crippen LogP contribution in [0.5, 0.6) is 5.75 Å². The van der Waals surface area contributed by atoms with E-state index in [-0.39, 0.29) is 17.9 Å². The number of benzene rings is 3. The molecule has 1 saturated heterocycles. The van der Waals surface area contributed by atoms with E-state index in [1.807, 2.05) is 51.2 Å². The molecule has 0 spiro atoms. The van der Waals surface area contributed by atoms with E-state index in [9.17, 15) is 9.90 Å². The van der Waals surface area contributed by atoms with Crippen LogP contribution < -0.4 is 0 Å². The number of hydrogen-bond donors (Lipinski definition) is 2. The van der Waals surface area contributed by atoms with Gasteiger partial charge < -0.3 is 14.8 Å². The number of H-pyrrole nitrogens is 1. The first-order chi connectivity index (χ1) is 16.3. The second-order valence-electron chi connectivity index (χ2n) is 9.76. The Bertz CT molecular complexity index is 1340. The zero-order chi connectivity index (χ0) is 23.9. The van der Waals surface area contributed by atoms with Crippen LogP contribution in [0.3, 0.4) is 0 Å². The van der Waals surface area contributed by atoms with Crippen molar-refractivity contribution in [2.45, 2.75) is 45.3 Å². The molecule has 0 bridgehead atoms. The maximum Gasteiger partial charge on any atom is 0.410 e. The highest BCUT2D eigenvalue weighted by Crippen LogP contribution is 2.37. The fourth-order valence-electron chi connectivity index (χ4n) is 4.65. The van der Waals surface area contributed by atoms with E-state index in [1.54, 1.807) is 17.0 Å². The number of imidazole rings is 1. The van der Waals surface area contributed by atoms with Crippen molar-refractivity contribution in [2.24, 2.45) is 0 Å². The second-order valence-corrected chi connectivity index (χ2v) is 9.76. The van der Waals surface area contributed by atoms with E-state index in [0.29, 0.717) is 6.54 Å². The van der Waals surface area contributed by atoms with Crippen molar-refractivity contribution in [3.63, 3.8) is 0 Å². The number of ether oxygens (including phenoxy) is 1. The average molecular weight is 456 g/mol. The van der Waals surface area contributed by atoms with Gasteiger partial charge in [-0.15, -0.1) is 0 Å². The van der Waals surface area contributed by atoms with E-state index in [0.717, 1.165) is 51.8 Å². The van der Waals surface area contributed by atoms with E-state index in [4.69, 9.17) is 9.72 Å². The Labute approximate surface area is 199 Å². The number of carbonyl (C=O) groups is 1. The number of fused-ring (bicyclic) bond motifs is 1. The van der Waals surface area contributed by atoms with Crippen molar-refractivity contribution in [2.75, 3.05) is 6.54 Å². The summed E-state index contributed by atoms with van der Waals surface area (Å²) in [5, 5.41) is 11.9. The zero-order valence-electron chi connectivity index (χ0n) is 19.7. The summed E-state index contributed by atoms with van der Waals surface area (Å²) >= 11 is 0. The monoisotopic (exact) mass is 455 g/mol. The van der Waals surface area contributed by atoms with Gasteiger partial charge in [0.05, 0.1) is 11.7 Å². The normalized spacial score (nSPS) is 16.2. The minimum Gasteiger partial charge on any atom is -0.508 e. The fourth-order valence-corrected chi connectivity index (χ4v) is 4.65. The number of rotatable bonds is 3. The Balaban J connectivity index is 1.49. The summed E-state index contributed by atoms with van der Waals surface area (Å²) in [4.78, 5) is 22.8. The van der Waals surface area contributed by atoms with Crippen LogP contribution in [0.2, 0.25) is 0 Å². The predicted octanol–water partition coefficient (Wildman–Crippen LogP) is 6.67. The highest BCUT2D eigenvalue weighted by Gasteiger charge is 2.35. The smallest absolute Gasteiger partial charge is 0.410 e. The minimum absolute atomic E-state index is 0.119. The van der Waals surface area contributed by atoms with Gasteiger partial charge in [0.15, 0.2) is 0 Å². The number of aromatic amines is 1. The lowest BCUT2D eigenvalue weighted by molar-refractivity contribution is 0.0218. The van der Waals surface area contributed by atoms with Gasteiger partial charge in [-0.05, 0) is 67.6 Å². The minimum atomic E-state index is -0.531. The molecule has 0 unspecified atom stereocenters. The molecule has 2 N–H and O–H groups in total. The molecule has 1 fully saturated rings. The van der Waals surface area contributed by atoms with Crippen molar-refractivity contribution < 1.29 is 14.6 Å². The molecule has 2 heterocycles. The van der Waals surface area contributed by atoms with Crippen LogP contribution in [0.25, 0.3) is 33.2 Å². The van der Waals surface area contributed by atoms with Gasteiger partial charge in [-0.1, -0.05) is 48.5 Å². The van der Waals surface area contributed by atoms with Gasteiger partial charge in [0.2, 0.25) is 0 Å². The number of phenolic OH excluding ortho intramolecular Hbond substituents is 1. The van der Waals surface area contributed by atoms with Crippen molar-refractivity contribution in [3.05, 3.63) is 72.7 Å². The molecule has 6 nitrogen and oxygen atoms in total. The molecule has 1 aliphatic heterocycles. The molecule has 6 heteroatoms. The van der Waals surface area contributed by atoms with Crippen molar-refractivity contribution in [1.29, 1.82) is 0 Å². The Kier molecular flexibility index (Phi) is 5.52. The average Bonchev–Trinajstić information content (AvgIpc) is 3.48. The van der Waals surface area contributed by atoms with Gasteiger partial charge >= 0.3 is 6.09 Å². The van der Waals surface area contributed by atoms with Gasteiger partial charge in [0.25, 0.3) is 0 Å². The van der Waals surface area contributed by atoms with E-state index < -0.39 is 5.60 Å². The molecule has 1 atom stereocenters. The van der Waals surface area contributed by atoms with Gasteiger partial charge in [-0.2, -0.15) is 0 Å². The summed E-state index contributed by atoms with van der Waals surface area (Å²) in [6.07, 6.45) is 3.40. The highest BCUT2D eigenvalue weighted by molar-refractivity contribution is 6.04. The van der Waals surface area contributed by atoms with E-state index in [1.165, 1.54) is 0 Å². The molecule has 4 aromatic rings. The maximum absolute atomic E-state index is 12.7. The quantitative estimate of drug-likeness (QED) is 0.361. The summed E-state index contributed by atoms with van der Waals surface area (Å²) in [6, 6.07) is 19.6. The lowest BCUT2D eigenvalue weighted by Gasteiger charge is -2.27. The number of aromatic hydroxyl groups is 1. The number of aromatic nitrogens is 2. The molecule has 0 aliphatic carbocycles. The molecule has 174 valence electrons. The van der Waals surface area contributed by atoms with Gasteiger partial charge in [-0.3, -0.25) is 4.90 Å². The molecule has 1 amide bonds. The molecule has 1 aliphatic rings. The Morgan fingerprint density at radius 1 is 1.03 bits per heavy atom. The third kappa shape index (κ3) is 4.23. The van der Waals surface area contributed by atoms with Gasteiger partial charge in [-0.25, -0.2) is 9.78 Å². The summed E-state index contributed by atoms with van der Waals surface area (Å²) in [5.41, 5.74) is 3.49. The Morgan fingerprint density at radius 2 is 1.71 bits per heavy atom. The van der Waals surface area contributed by atoms with Crippen molar-refractivity contribution >= 4 is 16.9 Å². The van der Waals surface area contributed by atoms with Crippen LogP contribution in [-0.2, 0) is 4.74 Å². The number of amides is 1. The molecule has 3 aromatic carbocycles. The van der Waals surface area contributed by atoms with Crippen LogP contribution in [0.1, 0.15) is 45.5 Å². The van der Waals surface area contributed by atoms with Crippen LogP contribution in [-0.4, -0.2) is 38.2 Å². The first-order valence-corrected chi connectivity index (χ1v) is 11.7. The lowest BCUT2D eigenvalue weighted by atomic mass is 9.94. The first-order valence-electron chi connectivity index (χ1n) is 11.7. The Morgan fingerprint density at radius 3 is 2.41 bits per heavy atom. The number of nitrogens with one attached hydrogen (secondary N) is 1. The second kappa shape index (κ2) is 8.52. The molecular formula is C28H29N3O3. The van der Waals surface area contributed by atoms with Crippen LogP contribution in [0.15, 0.2) is 66.9 Å². The molecule has 1 aromatic heterocycles. The lowest BCUT2D eigenvalue weighted by Crippen LogP contribution is -2.36. The van der Waals surface area contributed by atoms with Crippen LogP contribution in [0.4, 0.5) is 4.79 Å². The summed E-state index contributed by atoms with van der Waals surface area (Å²) < 4.78 is 5.61.